The molecule has 0 saturated carbocycles. The molecule has 0 spiro atoms. The number of rotatable bonds is 4. The number of hydrogen-bond donors (Lipinski definition) is 0. The van der Waals surface area contributed by atoms with E-state index in [1.807, 2.05) is 22.8 Å². The smallest absolute Gasteiger partial charge is 0.153 e. The molecule has 2 rings (SSSR count). The lowest BCUT2D eigenvalue weighted by Crippen LogP contribution is -1.96. The largest absolute Gasteiger partial charge is 0.497 e. The third-order valence-electron chi connectivity index (χ3n) is 2.81. The van der Waals surface area contributed by atoms with E-state index in [0.29, 0.717) is 10.7 Å². The fraction of sp³-hybridized carbons (Fsp3) is 0.308. The van der Waals surface area contributed by atoms with Gasteiger partial charge in [-0.05, 0) is 24.6 Å². The van der Waals surface area contributed by atoms with E-state index in [9.17, 15) is 4.79 Å². The number of aldehydes is 1. The Kier molecular flexibility index (Phi) is 3.38. The predicted octanol–water partition coefficient (Wildman–Crippen LogP) is 3.53. The van der Waals surface area contributed by atoms with Crippen molar-refractivity contribution in [3.63, 3.8) is 0 Å². The van der Waals surface area contributed by atoms with Crippen LogP contribution >= 0.6 is 11.6 Å². The fourth-order valence-corrected chi connectivity index (χ4v) is 2.33. The zero-order valence-corrected chi connectivity index (χ0v) is 10.6. The van der Waals surface area contributed by atoms with E-state index in [0.717, 1.165) is 35.9 Å². The van der Waals surface area contributed by atoms with Crippen molar-refractivity contribution in [2.24, 2.45) is 0 Å². The standard InChI is InChI=1S/C13H14ClNO2/c1-3-6-15-12-5-4-9(17-2)7-10(12)11(8-16)13(15)14/h4-5,7-8H,3,6H2,1-2H3. The van der Waals surface area contributed by atoms with Gasteiger partial charge in [0.15, 0.2) is 6.29 Å². The molecule has 0 saturated heterocycles. The summed E-state index contributed by atoms with van der Waals surface area (Å²) in [6.07, 6.45) is 1.77. The Labute approximate surface area is 105 Å². The number of ether oxygens (including phenoxy) is 1. The van der Waals surface area contributed by atoms with Gasteiger partial charge < -0.3 is 9.30 Å². The highest BCUT2D eigenvalue weighted by Crippen LogP contribution is 2.31. The van der Waals surface area contributed by atoms with Gasteiger partial charge in [0.1, 0.15) is 10.9 Å². The molecule has 4 heteroatoms. The maximum absolute atomic E-state index is 11.1. The van der Waals surface area contributed by atoms with Gasteiger partial charge in [-0.3, -0.25) is 4.79 Å². The molecule has 0 atom stereocenters. The Balaban J connectivity index is 2.75. The number of halogens is 1. The van der Waals surface area contributed by atoms with Crippen molar-refractivity contribution in [2.45, 2.75) is 19.9 Å². The number of benzene rings is 1. The van der Waals surface area contributed by atoms with Crippen molar-refractivity contribution in [2.75, 3.05) is 7.11 Å². The number of nitrogens with zero attached hydrogens (tertiary/aromatic N) is 1. The predicted molar refractivity (Wildman–Crippen MR) is 69.2 cm³/mol. The number of aryl methyl sites for hydroxylation is 1. The molecule has 2 aromatic rings. The number of hydrogen-bond acceptors (Lipinski definition) is 2. The first-order valence-corrected chi connectivity index (χ1v) is 5.91. The van der Waals surface area contributed by atoms with Crippen LogP contribution in [0.3, 0.4) is 0 Å². The molecular weight excluding hydrogens is 238 g/mol. The lowest BCUT2D eigenvalue weighted by molar-refractivity contribution is 0.112. The zero-order chi connectivity index (χ0) is 12.4. The van der Waals surface area contributed by atoms with Gasteiger partial charge in [0.2, 0.25) is 0 Å². The van der Waals surface area contributed by atoms with Gasteiger partial charge in [-0.2, -0.15) is 0 Å². The Morgan fingerprint density at radius 1 is 1.47 bits per heavy atom. The average Bonchev–Trinajstić information content (AvgIpc) is 2.62. The summed E-state index contributed by atoms with van der Waals surface area (Å²) in [5.41, 5.74) is 1.51. The van der Waals surface area contributed by atoms with Crippen molar-refractivity contribution < 1.29 is 9.53 Å². The molecule has 1 aromatic carbocycles. The minimum Gasteiger partial charge on any atom is -0.497 e. The molecule has 0 amide bonds. The molecule has 0 aliphatic rings. The Morgan fingerprint density at radius 2 is 2.24 bits per heavy atom. The molecule has 90 valence electrons. The van der Waals surface area contributed by atoms with E-state index < -0.39 is 0 Å². The highest BCUT2D eigenvalue weighted by atomic mass is 35.5. The lowest BCUT2D eigenvalue weighted by Gasteiger charge is -2.05. The number of fused-ring (bicyclic) bond motifs is 1. The molecule has 3 nitrogen and oxygen atoms in total. The average molecular weight is 252 g/mol. The van der Waals surface area contributed by atoms with Crippen molar-refractivity contribution in [3.8, 4) is 5.75 Å². The van der Waals surface area contributed by atoms with Crippen molar-refractivity contribution >= 4 is 28.8 Å². The highest BCUT2D eigenvalue weighted by molar-refractivity contribution is 6.34. The van der Waals surface area contributed by atoms with Crippen LogP contribution in [0.4, 0.5) is 0 Å². The molecule has 17 heavy (non-hydrogen) atoms. The van der Waals surface area contributed by atoms with Crippen LogP contribution in [0.1, 0.15) is 23.7 Å². The second-order valence-electron chi connectivity index (χ2n) is 3.86. The van der Waals surface area contributed by atoms with Crippen LogP contribution in [0, 0.1) is 0 Å². The maximum Gasteiger partial charge on any atom is 0.153 e. The summed E-state index contributed by atoms with van der Waals surface area (Å²) in [5.74, 6) is 0.728. The molecule has 0 fully saturated rings. The first-order valence-electron chi connectivity index (χ1n) is 5.53. The SMILES string of the molecule is CCCn1c(Cl)c(C=O)c2cc(OC)ccc21. The Morgan fingerprint density at radius 3 is 2.82 bits per heavy atom. The number of methoxy groups -OCH3 is 1. The molecule has 0 aliphatic carbocycles. The van der Waals surface area contributed by atoms with Crippen LogP contribution in [0.5, 0.6) is 5.75 Å². The van der Waals surface area contributed by atoms with E-state index in [1.54, 1.807) is 7.11 Å². The third kappa shape index (κ3) is 1.91. The lowest BCUT2D eigenvalue weighted by atomic mass is 10.2. The van der Waals surface area contributed by atoms with Gasteiger partial charge >= 0.3 is 0 Å². The first-order chi connectivity index (χ1) is 8.22. The first kappa shape index (κ1) is 12.0. The van der Waals surface area contributed by atoms with E-state index in [4.69, 9.17) is 16.3 Å². The summed E-state index contributed by atoms with van der Waals surface area (Å²) in [6.45, 7) is 2.88. The summed E-state index contributed by atoms with van der Waals surface area (Å²) in [5, 5.41) is 1.35. The molecule has 0 radical (unpaired) electrons. The Hall–Kier alpha value is -1.48. The van der Waals surface area contributed by atoms with Crippen LogP contribution in [0.2, 0.25) is 5.15 Å². The van der Waals surface area contributed by atoms with Gasteiger partial charge in [0.25, 0.3) is 0 Å². The second kappa shape index (κ2) is 4.80. The summed E-state index contributed by atoms with van der Waals surface area (Å²) >= 11 is 6.22. The number of carbonyl (C=O) groups is 1. The zero-order valence-electron chi connectivity index (χ0n) is 9.87. The molecule has 0 N–H and O–H groups in total. The molecular formula is C13H14ClNO2. The maximum atomic E-state index is 11.1. The fourth-order valence-electron chi connectivity index (χ4n) is 2.01. The summed E-state index contributed by atoms with van der Waals surface area (Å²) < 4.78 is 7.12. The van der Waals surface area contributed by atoms with Gasteiger partial charge in [-0.25, -0.2) is 0 Å². The van der Waals surface area contributed by atoms with Gasteiger partial charge in [0, 0.05) is 11.9 Å². The third-order valence-corrected chi connectivity index (χ3v) is 3.22. The molecule has 0 aliphatic heterocycles. The van der Waals surface area contributed by atoms with E-state index in [1.165, 1.54) is 0 Å². The van der Waals surface area contributed by atoms with Gasteiger partial charge in [-0.15, -0.1) is 0 Å². The minimum atomic E-state index is 0.505. The van der Waals surface area contributed by atoms with Crippen LogP contribution in [0.25, 0.3) is 10.9 Å². The van der Waals surface area contributed by atoms with Crippen LogP contribution in [0.15, 0.2) is 18.2 Å². The molecule has 1 aromatic heterocycles. The number of carbonyl (C=O) groups excluding carboxylic acids is 1. The van der Waals surface area contributed by atoms with Gasteiger partial charge in [-0.1, -0.05) is 18.5 Å². The van der Waals surface area contributed by atoms with Gasteiger partial charge in [0.05, 0.1) is 18.2 Å². The number of aromatic nitrogens is 1. The minimum absolute atomic E-state index is 0.505. The highest BCUT2D eigenvalue weighted by Gasteiger charge is 2.15. The molecule has 0 unspecified atom stereocenters. The van der Waals surface area contributed by atoms with Crippen LogP contribution in [-0.4, -0.2) is 18.0 Å². The normalized spacial score (nSPS) is 10.8. The second-order valence-corrected chi connectivity index (χ2v) is 4.22. The van der Waals surface area contributed by atoms with E-state index >= 15 is 0 Å². The summed E-state index contributed by atoms with van der Waals surface area (Å²) in [4.78, 5) is 11.1. The molecule has 1 heterocycles. The summed E-state index contributed by atoms with van der Waals surface area (Å²) in [6, 6.07) is 5.65. The van der Waals surface area contributed by atoms with Crippen LogP contribution < -0.4 is 4.74 Å². The van der Waals surface area contributed by atoms with Crippen molar-refractivity contribution in [1.82, 2.24) is 4.57 Å². The topological polar surface area (TPSA) is 31.2 Å². The van der Waals surface area contributed by atoms with Crippen molar-refractivity contribution in [3.05, 3.63) is 28.9 Å². The quantitative estimate of drug-likeness (QED) is 0.779. The van der Waals surface area contributed by atoms with E-state index in [-0.39, 0.29) is 0 Å². The molecule has 0 bridgehead atoms. The van der Waals surface area contributed by atoms with Crippen LogP contribution in [-0.2, 0) is 6.54 Å². The summed E-state index contributed by atoms with van der Waals surface area (Å²) in [7, 11) is 1.60. The van der Waals surface area contributed by atoms with Crippen molar-refractivity contribution in [1.29, 1.82) is 0 Å². The Bertz CT molecular complexity index is 560. The monoisotopic (exact) mass is 251 g/mol. The van der Waals surface area contributed by atoms with E-state index in [2.05, 4.69) is 6.92 Å².